The van der Waals surface area contributed by atoms with Gasteiger partial charge in [-0.1, -0.05) is 0 Å². The molecule has 0 unspecified atom stereocenters. The van der Waals surface area contributed by atoms with Gasteiger partial charge in [-0.25, -0.2) is 21.6 Å². The van der Waals surface area contributed by atoms with E-state index in [4.69, 9.17) is 0 Å². The van der Waals surface area contributed by atoms with Gasteiger partial charge in [0.25, 0.3) is 0 Å². The second-order valence-electron chi connectivity index (χ2n) is 6.42. The van der Waals surface area contributed by atoms with Crippen LogP contribution in [0, 0.1) is 0 Å². The molecule has 1 aliphatic heterocycles. The largest absolute Gasteiger partial charge is 0.315 e. The van der Waals surface area contributed by atoms with Gasteiger partial charge in [0.2, 0.25) is 26.0 Å². The molecular formula is C15H21N3O5S2. The van der Waals surface area contributed by atoms with Crippen molar-refractivity contribution >= 4 is 31.6 Å². The maximum Gasteiger partial charge on any atom is 0.240 e. The SMILES string of the molecule is CN1C(=O)Cc2cc(S(=O)(=O)NCCN(C3CC3)S(C)(=O)=O)ccc21. The summed E-state index contributed by atoms with van der Waals surface area (Å²) in [7, 11) is -5.46. The number of hydrogen-bond acceptors (Lipinski definition) is 5. The number of rotatable bonds is 7. The minimum absolute atomic E-state index is 0.00181. The molecule has 2 aliphatic rings. The molecule has 138 valence electrons. The van der Waals surface area contributed by atoms with Gasteiger partial charge in [-0.05, 0) is 36.6 Å². The summed E-state index contributed by atoms with van der Waals surface area (Å²) in [6.45, 7) is 0.108. The lowest BCUT2D eigenvalue weighted by atomic mass is 10.2. The predicted octanol–water partition coefficient (Wildman–Crippen LogP) is -0.0922. The molecule has 0 saturated heterocycles. The number of benzene rings is 1. The summed E-state index contributed by atoms with van der Waals surface area (Å²) in [6.07, 6.45) is 2.94. The number of nitrogens with one attached hydrogen (secondary N) is 1. The van der Waals surface area contributed by atoms with Crippen molar-refractivity contribution in [3.05, 3.63) is 23.8 Å². The van der Waals surface area contributed by atoms with E-state index in [1.807, 2.05) is 0 Å². The molecule has 1 aliphatic carbocycles. The fourth-order valence-corrected chi connectivity index (χ4v) is 5.22. The molecule has 25 heavy (non-hydrogen) atoms. The smallest absolute Gasteiger partial charge is 0.240 e. The number of hydrogen-bond donors (Lipinski definition) is 1. The third-order valence-corrected chi connectivity index (χ3v) is 7.23. The first-order chi connectivity index (χ1) is 11.6. The lowest BCUT2D eigenvalue weighted by Crippen LogP contribution is -2.39. The van der Waals surface area contributed by atoms with Crippen LogP contribution in [0.1, 0.15) is 18.4 Å². The van der Waals surface area contributed by atoms with Crippen LogP contribution in [-0.2, 0) is 31.3 Å². The van der Waals surface area contributed by atoms with E-state index in [1.54, 1.807) is 13.1 Å². The van der Waals surface area contributed by atoms with Crippen LogP contribution < -0.4 is 9.62 Å². The standard InChI is InChI=1S/C15H21N3O5S2/c1-17-14-6-5-13(9-11(14)10-15(17)19)25(22,23)16-7-8-18(12-3-4-12)24(2,20)21/h5-6,9,12,16H,3-4,7-8,10H2,1-2H3. The van der Waals surface area contributed by atoms with Crippen LogP contribution in [0.15, 0.2) is 23.1 Å². The molecule has 3 rings (SSSR count). The van der Waals surface area contributed by atoms with Gasteiger partial charge in [-0.15, -0.1) is 0 Å². The molecule has 1 aromatic carbocycles. The van der Waals surface area contributed by atoms with Gasteiger partial charge < -0.3 is 4.90 Å². The Morgan fingerprint density at radius 3 is 2.52 bits per heavy atom. The molecule has 1 fully saturated rings. The van der Waals surface area contributed by atoms with E-state index in [0.717, 1.165) is 19.1 Å². The van der Waals surface area contributed by atoms with E-state index in [9.17, 15) is 21.6 Å². The van der Waals surface area contributed by atoms with E-state index >= 15 is 0 Å². The minimum atomic E-state index is -3.76. The van der Waals surface area contributed by atoms with E-state index in [1.165, 1.54) is 21.3 Å². The third-order valence-electron chi connectivity index (χ3n) is 4.44. The zero-order valence-corrected chi connectivity index (χ0v) is 15.7. The lowest BCUT2D eigenvalue weighted by molar-refractivity contribution is -0.117. The van der Waals surface area contributed by atoms with E-state index in [2.05, 4.69) is 4.72 Å². The first-order valence-electron chi connectivity index (χ1n) is 7.95. The van der Waals surface area contributed by atoms with Crippen LogP contribution >= 0.6 is 0 Å². The Balaban J connectivity index is 1.69. The van der Waals surface area contributed by atoms with Crippen molar-refractivity contribution in [1.29, 1.82) is 0 Å². The molecule has 8 nitrogen and oxygen atoms in total. The topological polar surface area (TPSA) is 104 Å². The molecular weight excluding hydrogens is 366 g/mol. The molecule has 1 amide bonds. The lowest BCUT2D eigenvalue weighted by Gasteiger charge is -2.19. The Morgan fingerprint density at radius 2 is 1.92 bits per heavy atom. The fraction of sp³-hybridized carbons (Fsp3) is 0.533. The zero-order chi connectivity index (χ0) is 18.4. The summed E-state index contributed by atoms with van der Waals surface area (Å²) in [6, 6.07) is 4.54. The number of anilines is 1. The first-order valence-corrected chi connectivity index (χ1v) is 11.3. The number of sulfonamides is 2. The van der Waals surface area contributed by atoms with Gasteiger partial charge in [-0.3, -0.25) is 4.79 Å². The quantitative estimate of drug-likeness (QED) is 0.704. The number of fused-ring (bicyclic) bond motifs is 1. The molecule has 10 heteroatoms. The van der Waals surface area contributed by atoms with Gasteiger partial charge in [-0.2, -0.15) is 4.31 Å². The highest BCUT2D eigenvalue weighted by Gasteiger charge is 2.34. The highest BCUT2D eigenvalue weighted by Crippen LogP contribution is 2.30. The fourth-order valence-electron chi connectivity index (χ4n) is 2.97. The highest BCUT2D eigenvalue weighted by atomic mass is 32.2. The summed E-state index contributed by atoms with van der Waals surface area (Å²) in [5.41, 5.74) is 1.38. The minimum Gasteiger partial charge on any atom is -0.315 e. The number of nitrogens with zero attached hydrogens (tertiary/aromatic N) is 2. The van der Waals surface area contributed by atoms with Crippen molar-refractivity contribution in [1.82, 2.24) is 9.03 Å². The number of carbonyl (C=O) groups is 1. The molecule has 0 radical (unpaired) electrons. The summed E-state index contributed by atoms with van der Waals surface area (Å²) in [5.74, 6) is -0.0780. The zero-order valence-electron chi connectivity index (χ0n) is 14.1. The van der Waals surface area contributed by atoms with Gasteiger partial charge in [0.15, 0.2) is 0 Å². The van der Waals surface area contributed by atoms with Gasteiger partial charge >= 0.3 is 0 Å². The van der Waals surface area contributed by atoms with Crippen molar-refractivity contribution in [2.24, 2.45) is 0 Å². The molecule has 0 bridgehead atoms. The third kappa shape index (κ3) is 3.86. The van der Waals surface area contributed by atoms with E-state index in [0.29, 0.717) is 11.3 Å². The maximum absolute atomic E-state index is 12.4. The Bertz CT molecular complexity index is 907. The van der Waals surface area contributed by atoms with Crippen LogP contribution in [0.25, 0.3) is 0 Å². The monoisotopic (exact) mass is 387 g/mol. The Hall–Kier alpha value is -1.49. The average molecular weight is 387 g/mol. The van der Waals surface area contributed by atoms with E-state index < -0.39 is 20.0 Å². The number of amides is 1. The van der Waals surface area contributed by atoms with Gasteiger partial charge in [0.1, 0.15) is 0 Å². The Labute approximate surface area is 147 Å². The normalized spacial score (nSPS) is 18.0. The van der Waals surface area contributed by atoms with Gasteiger partial charge in [0, 0.05) is 31.9 Å². The second kappa shape index (κ2) is 6.35. The summed E-state index contributed by atoms with van der Waals surface area (Å²) >= 11 is 0. The predicted molar refractivity (Wildman–Crippen MR) is 93.3 cm³/mol. The molecule has 0 atom stereocenters. The average Bonchev–Trinajstić information content (AvgIpc) is 3.29. The van der Waals surface area contributed by atoms with Crippen molar-refractivity contribution in [2.75, 3.05) is 31.3 Å². The van der Waals surface area contributed by atoms with Crippen molar-refractivity contribution in [3.8, 4) is 0 Å². The summed E-state index contributed by atoms with van der Waals surface area (Å²) in [5, 5.41) is 0. The second-order valence-corrected chi connectivity index (χ2v) is 10.1. The molecule has 0 spiro atoms. The molecule has 0 aromatic heterocycles. The van der Waals surface area contributed by atoms with Crippen molar-refractivity contribution < 1.29 is 21.6 Å². The molecule has 1 heterocycles. The van der Waals surface area contributed by atoms with Crippen LogP contribution in [0.2, 0.25) is 0 Å². The Kier molecular flexibility index (Phi) is 4.65. The van der Waals surface area contributed by atoms with E-state index in [-0.39, 0.29) is 36.4 Å². The van der Waals surface area contributed by atoms with Gasteiger partial charge in [0.05, 0.1) is 17.6 Å². The molecule has 1 saturated carbocycles. The number of likely N-dealkylation sites (N-methyl/N-ethyl adjacent to an activating group) is 1. The Morgan fingerprint density at radius 1 is 1.24 bits per heavy atom. The van der Waals surface area contributed by atoms with Crippen LogP contribution in [0.3, 0.4) is 0 Å². The van der Waals surface area contributed by atoms with Crippen molar-refractivity contribution in [2.45, 2.75) is 30.2 Å². The van der Waals surface area contributed by atoms with Crippen LogP contribution in [-0.4, -0.2) is 59.5 Å². The first kappa shape index (κ1) is 18.3. The molecule has 1 aromatic rings. The molecule has 1 N–H and O–H groups in total. The summed E-state index contributed by atoms with van der Waals surface area (Å²) in [4.78, 5) is 13.3. The van der Waals surface area contributed by atoms with Crippen LogP contribution in [0.5, 0.6) is 0 Å². The summed E-state index contributed by atoms with van der Waals surface area (Å²) < 4.78 is 52.1. The number of carbonyl (C=O) groups excluding carboxylic acids is 1. The maximum atomic E-state index is 12.4. The highest BCUT2D eigenvalue weighted by molar-refractivity contribution is 7.89. The van der Waals surface area contributed by atoms with Crippen LogP contribution in [0.4, 0.5) is 5.69 Å². The van der Waals surface area contributed by atoms with Crippen molar-refractivity contribution in [3.63, 3.8) is 0 Å².